The van der Waals surface area contributed by atoms with Crippen molar-refractivity contribution in [1.82, 2.24) is 4.98 Å². The lowest BCUT2D eigenvalue weighted by Crippen LogP contribution is -2.12. The molecule has 0 aliphatic heterocycles. The van der Waals surface area contributed by atoms with E-state index < -0.39 is 5.97 Å². The first-order valence-electron chi connectivity index (χ1n) is 6.14. The van der Waals surface area contributed by atoms with Crippen molar-refractivity contribution in [3.63, 3.8) is 0 Å². The molecule has 3 aromatic rings. The topological polar surface area (TPSA) is 81.4 Å². The van der Waals surface area contributed by atoms with Gasteiger partial charge in [-0.3, -0.25) is 4.79 Å². The third-order valence-corrected chi connectivity index (χ3v) is 4.67. The van der Waals surface area contributed by atoms with Gasteiger partial charge < -0.3 is 14.5 Å². The predicted octanol–water partition coefficient (Wildman–Crippen LogP) is 3.50. The number of aromatic nitrogens is 1. The number of amides is 1. The molecule has 0 atom stereocenters. The Bertz CT molecular complexity index is 805. The Morgan fingerprint density at radius 2 is 2.23 bits per heavy atom. The molecular weight excluding hydrogens is 324 g/mol. The molecular formula is C14H10N2O4S2. The number of nitrogens with zero attached hydrogens (tertiary/aromatic N) is 1. The fourth-order valence-corrected chi connectivity index (χ4v) is 3.31. The molecule has 6 nitrogen and oxygen atoms in total. The maximum Gasteiger partial charge on any atom is 0.340 e. The van der Waals surface area contributed by atoms with Crippen LogP contribution in [0.3, 0.4) is 0 Å². The number of thiazole rings is 1. The van der Waals surface area contributed by atoms with Crippen molar-refractivity contribution in [2.24, 2.45) is 0 Å². The minimum atomic E-state index is -0.486. The Morgan fingerprint density at radius 3 is 2.95 bits per heavy atom. The average molecular weight is 334 g/mol. The highest BCUT2D eigenvalue weighted by Crippen LogP contribution is 2.28. The largest absolute Gasteiger partial charge is 0.472 e. The van der Waals surface area contributed by atoms with E-state index in [1.807, 2.05) is 0 Å². The van der Waals surface area contributed by atoms with Gasteiger partial charge in [-0.1, -0.05) is 0 Å². The number of anilines is 1. The lowest BCUT2D eigenvalue weighted by atomic mass is 10.3. The molecule has 0 saturated carbocycles. The summed E-state index contributed by atoms with van der Waals surface area (Å²) in [6, 6.07) is 3.38. The van der Waals surface area contributed by atoms with Gasteiger partial charge >= 0.3 is 5.97 Å². The van der Waals surface area contributed by atoms with Crippen LogP contribution in [0.25, 0.3) is 10.6 Å². The fraction of sp³-hybridized carbons (Fsp3) is 0.0714. The molecule has 3 heterocycles. The number of hydrogen-bond donors (Lipinski definition) is 1. The minimum absolute atomic E-state index is 0.320. The Morgan fingerprint density at radius 1 is 1.36 bits per heavy atom. The Hall–Kier alpha value is -2.45. The van der Waals surface area contributed by atoms with Crippen LogP contribution in [0.2, 0.25) is 0 Å². The quantitative estimate of drug-likeness (QED) is 0.739. The summed E-state index contributed by atoms with van der Waals surface area (Å²) in [7, 11) is 1.30. The standard InChI is InChI=1S/C14H10N2O4S2/c1-19-14(18)9-3-5-21-13(9)16-11(17)10-6-15-12(22-10)8-2-4-20-7-8/h2-7H,1H3,(H,16,17). The number of methoxy groups -OCH3 is 1. The molecule has 0 radical (unpaired) electrons. The highest BCUT2D eigenvalue weighted by molar-refractivity contribution is 7.17. The summed E-state index contributed by atoms with van der Waals surface area (Å²) in [4.78, 5) is 28.5. The van der Waals surface area contributed by atoms with Crippen LogP contribution in [0, 0.1) is 0 Å². The molecule has 8 heteroatoms. The highest BCUT2D eigenvalue weighted by atomic mass is 32.1. The molecule has 0 fully saturated rings. The molecule has 0 saturated heterocycles. The SMILES string of the molecule is COC(=O)c1ccsc1NC(=O)c1cnc(-c2ccoc2)s1. The molecule has 0 aliphatic carbocycles. The molecule has 0 aromatic carbocycles. The minimum Gasteiger partial charge on any atom is -0.472 e. The smallest absolute Gasteiger partial charge is 0.340 e. The summed E-state index contributed by atoms with van der Waals surface area (Å²) in [6.45, 7) is 0. The van der Waals surface area contributed by atoms with Crippen molar-refractivity contribution in [3.8, 4) is 10.6 Å². The van der Waals surface area contributed by atoms with Crippen molar-refractivity contribution in [1.29, 1.82) is 0 Å². The predicted molar refractivity (Wildman–Crippen MR) is 83.4 cm³/mol. The van der Waals surface area contributed by atoms with Crippen LogP contribution in [0.5, 0.6) is 0 Å². The summed E-state index contributed by atoms with van der Waals surface area (Å²) < 4.78 is 9.67. The van der Waals surface area contributed by atoms with E-state index in [1.165, 1.54) is 36.0 Å². The van der Waals surface area contributed by atoms with Crippen molar-refractivity contribution in [3.05, 3.63) is 46.7 Å². The molecule has 3 aromatic heterocycles. The van der Waals surface area contributed by atoms with Crippen LogP contribution >= 0.6 is 22.7 Å². The third kappa shape index (κ3) is 2.78. The van der Waals surface area contributed by atoms with Gasteiger partial charge in [-0.15, -0.1) is 22.7 Å². The lowest BCUT2D eigenvalue weighted by Gasteiger charge is -2.03. The Balaban J connectivity index is 1.78. The second kappa shape index (κ2) is 6.12. The number of esters is 1. The molecule has 0 aliphatic rings. The van der Waals surface area contributed by atoms with E-state index >= 15 is 0 Å². The van der Waals surface area contributed by atoms with Gasteiger partial charge in [0.15, 0.2) is 0 Å². The molecule has 1 N–H and O–H groups in total. The number of ether oxygens (including phenoxy) is 1. The maximum atomic E-state index is 12.2. The second-order valence-electron chi connectivity index (χ2n) is 4.15. The van der Waals surface area contributed by atoms with Gasteiger partial charge in [0.05, 0.1) is 25.1 Å². The number of carbonyl (C=O) groups is 2. The normalized spacial score (nSPS) is 10.4. The summed E-state index contributed by atoms with van der Waals surface area (Å²) in [5, 5.41) is 5.57. The van der Waals surface area contributed by atoms with Crippen LogP contribution < -0.4 is 5.32 Å². The zero-order valence-electron chi connectivity index (χ0n) is 11.4. The molecule has 3 rings (SSSR count). The van der Waals surface area contributed by atoms with Crippen LogP contribution in [-0.4, -0.2) is 24.0 Å². The van der Waals surface area contributed by atoms with Crippen LogP contribution in [-0.2, 0) is 4.74 Å². The number of nitrogens with one attached hydrogen (secondary N) is 1. The average Bonchev–Trinajstić information content (AvgIpc) is 3.25. The van der Waals surface area contributed by atoms with Gasteiger partial charge in [-0.05, 0) is 17.5 Å². The lowest BCUT2D eigenvalue weighted by molar-refractivity contribution is 0.0602. The zero-order valence-corrected chi connectivity index (χ0v) is 13.0. The molecule has 1 amide bonds. The van der Waals surface area contributed by atoms with Crippen LogP contribution in [0.4, 0.5) is 5.00 Å². The van der Waals surface area contributed by atoms with E-state index in [9.17, 15) is 9.59 Å². The van der Waals surface area contributed by atoms with E-state index in [4.69, 9.17) is 4.42 Å². The van der Waals surface area contributed by atoms with Crippen molar-refractivity contribution in [2.75, 3.05) is 12.4 Å². The van der Waals surface area contributed by atoms with Gasteiger partial charge in [-0.25, -0.2) is 9.78 Å². The van der Waals surface area contributed by atoms with Crippen LogP contribution in [0.1, 0.15) is 20.0 Å². The summed E-state index contributed by atoms with van der Waals surface area (Å²) in [5.74, 6) is -0.806. The molecule has 0 bridgehead atoms. The van der Waals surface area contributed by atoms with E-state index in [1.54, 1.807) is 30.0 Å². The van der Waals surface area contributed by atoms with Gasteiger partial charge in [-0.2, -0.15) is 0 Å². The van der Waals surface area contributed by atoms with Gasteiger partial charge in [0.25, 0.3) is 5.91 Å². The monoisotopic (exact) mass is 334 g/mol. The summed E-state index contributed by atoms with van der Waals surface area (Å²) >= 11 is 2.50. The summed E-state index contributed by atoms with van der Waals surface area (Å²) in [5.41, 5.74) is 1.15. The van der Waals surface area contributed by atoms with E-state index in [-0.39, 0.29) is 5.91 Å². The zero-order chi connectivity index (χ0) is 15.5. The fourth-order valence-electron chi connectivity index (χ4n) is 1.74. The van der Waals surface area contributed by atoms with Crippen molar-refractivity contribution >= 4 is 39.6 Å². The number of furan rings is 1. The van der Waals surface area contributed by atoms with Gasteiger partial charge in [0.2, 0.25) is 0 Å². The maximum absolute atomic E-state index is 12.2. The van der Waals surface area contributed by atoms with Crippen molar-refractivity contribution in [2.45, 2.75) is 0 Å². The summed E-state index contributed by atoms with van der Waals surface area (Å²) in [6.07, 6.45) is 4.60. The molecule has 0 unspecified atom stereocenters. The number of hydrogen-bond acceptors (Lipinski definition) is 7. The van der Waals surface area contributed by atoms with E-state index in [2.05, 4.69) is 15.0 Å². The first-order chi connectivity index (χ1) is 10.7. The second-order valence-corrected chi connectivity index (χ2v) is 6.10. The Labute approximate surface area is 133 Å². The number of carbonyl (C=O) groups excluding carboxylic acids is 2. The van der Waals surface area contributed by atoms with Gasteiger partial charge in [0, 0.05) is 5.56 Å². The highest BCUT2D eigenvalue weighted by Gasteiger charge is 2.18. The molecule has 112 valence electrons. The molecule has 0 spiro atoms. The van der Waals surface area contributed by atoms with Gasteiger partial charge in [0.1, 0.15) is 21.1 Å². The Kier molecular flexibility index (Phi) is 4.03. The number of thiophene rings is 1. The van der Waals surface area contributed by atoms with E-state index in [0.717, 1.165) is 5.56 Å². The van der Waals surface area contributed by atoms with E-state index in [0.29, 0.717) is 20.4 Å². The van der Waals surface area contributed by atoms with Crippen molar-refractivity contribution < 1.29 is 18.7 Å². The number of rotatable bonds is 4. The molecule has 22 heavy (non-hydrogen) atoms. The first-order valence-corrected chi connectivity index (χ1v) is 7.84. The van der Waals surface area contributed by atoms with Crippen LogP contribution in [0.15, 0.2) is 40.7 Å². The third-order valence-electron chi connectivity index (χ3n) is 2.80. The first kappa shape index (κ1) is 14.5.